The molecule has 1 aliphatic rings. The van der Waals surface area contributed by atoms with E-state index in [0.29, 0.717) is 49.3 Å². The molecule has 0 bridgehead atoms. The summed E-state index contributed by atoms with van der Waals surface area (Å²) in [6, 6.07) is 5.44. The minimum absolute atomic E-state index is 0.0303. The Morgan fingerprint density at radius 2 is 2.27 bits per heavy atom. The van der Waals surface area contributed by atoms with Crippen LogP contribution in [0, 0.1) is 0 Å². The lowest BCUT2D eigenvalue weighted by atomic mass is 9.98. The Morgan fingerprint density at radius 1 is 1.45 bits per heavy atom. The number of rotatable bonds is 7. The van der Waals surface area contributed by atoms with Gasteiger partial charge in [-0.3, -0.25) is 4.79 Å². The first kappa shape index (κ1) is 16.5. The third kappa shape index (κ3) is 3.85. The second kappa shape index (κ2) is 7.94. The van der Waals surface area contributed by atoms with Crippen LogP contribution in [0.15, 0.2) is 30.1 Å². The second-order valence-corrected chi connectivity index (χ2v) is 5.26. The molecule has 1 aliphatic heterocycles. The Bertz CT molecular complexity index is 557. The van der Waals surface area contributed by atoms with Crippen molar-refractivity contribution < 1.29 is 18.7 Å². The molecule has 5 heteroatoms. The van der Waals surface area contributed by atoms with E-state index in [0.717, 1.165) is 12.0 Å². The van der Waals surface area contributed by atoms with Crippen LogP contribution in [0.2, 0.25) is 0 Å². The summed E-state index contributed by atoms with van der Waals surface area (Å²) in [6.45, 7) is 3.95. The highest BCUT2D eigenvalue weighted by atomic mass is 19.1. The van der Waals surface area contributed by atoms with Gasteiger partial charge >= 0.3 is 0 Å². The van der Waals surface area contributed by atoms with Gasteiger partial charge in [0.2, 0.25) is 0 Å². The molecule has 1 heterocycles. The standard InChI is InChI=1S/C17H22FNO3/c1-3-13(11-18)12-22-15-4-5-16-14(10-15)6-7-19(17(16)20)8-9-21-2/h4-5,10-11H,3,6-9,12H2,1-2H3/b13-11+. The second-order valence-electron chi connectivity index (χ2n) is 5.26. The number of fused-ring (bicyclic) bond motifs is 1. The van der Waals surface area contributed by atoms with Gasteiger partial charge in [-0.15, -0.1) is 0 Å². The SMILES string of the molecule is CC/C(=C\F)COc1ccc2c(c1)CCN(CCOC)C2=O. The number of ether oxygens (including phenoxy) is 2. The van der Waals surface area contributed by atoms with E-state index in [1.54, 1.807) is 24.1 Å². The minimum atomic E-state index is 0.0303. The van der Waals surface area contributed by atoms with E-state index in [1.165, 1.54) is 0 Å². The van der Waals surface area contributed by atoms with Crippen molar-refractivity contribution in [2.75, 3.05) is 33.4 Å². The monoisotopic (exact) mass is 307 g/mol. The lowest BCUT2D eigenvalue weighted by molar-refractivity contribution is 0.0679. The molecule has 0 radical (unpaired) electrons. The average molecular weight is 307 g/mol. The van der Waals surface area contributed by atoms with E-state index in [9.17, 15) is 9.18 Å². The summed E-state index contributed by atoms with van der Waals surface area (Å²) < 4.78 is 23.1. The molecule has 0 spiro atoms. The van der Waals surface area contributed by atoms with Gasteiger partial charge in [-0.2, -0.15) is 0 Å². The van der Waals surface area contributed by atoms with Gasteiger partial charge in [-0.25, -0.2) is 4.39 Å². The summed E-state index contributed by atoms with van der Waals surface area (Å²) in [7, 11) is 1.63. The van der Waals surface area contributed by atoms with Crippen molar-refractivity contribution in [2.24, 2.45) is 0 Å². The third-order valence-corrected chi connectivity index (χ3v) is 3.84. The van der Waals surface area contributed by atoms with Crippen LogP contribution in [0.1, 0.15) is 29.3 Å². The maximum atomic E-state index is 12.5. The molecule has 0 atom stereocenters. The molecule has 2 rings (SSSR count). The summed E-state index contributed by atoms with van der Waals surface area (Å²) >= 11 is 0. The molecule has 1 aromatic rings. The maximum Gasteiger partial charge on any atom is 0.254 e. The number of amides is 1. The van der Waals surface area contributed by atoms with Crippen molar-refractivity contribution in [3.05, 3.63) is 41.2 Å². The molecule has 22 heavy (non-hydrogen) atoms. The van der Waals surface area contributed by atoms with Gasteiger partial charge in [0.15, 0.2) is 0 Å². The lowest BCUT2D eigenvalue weighted by Crippen LogP contribution is -2.39. The van der Waals surface area contributed by atoms with Crippen LogP contribution in [-0.2, 0) is 11.2 Å². The van der Waals surface area contributed by atoms with Gasteiger partial charge in [-0.1, -0.05) is 6.92 Å². The Kier molecular flexibility index (Phi) is 5.95. The van der Waals surface area contributed by atoms with Crippen LogP contribution in [0.3, 0.4) is 0 Å². The summed E-state index contributed by atoms with van der Waals surface area (Å²) in [5, 5.41) is 0. The molecule has 0 unspecified atom stereocenters. The van der Waals surface area contributed by atoms with Crippen LogP contribution in [-0.4, -0.2) is 44.2 Å². The Morgan fingerprint density at radius 3 is 2.95 bits per heavy atom. The van der Waals surface area contributed by atoms with Crippen LogP contribution in [0.25, 0.3) is 0 Å². The number of hydrogen-bond donors (Lipinski definition) is 0. The van der Waals surface area contributed by atoms with Crippen LogP contribution in [0.5, 0.6) is 5.75 Å². The molecule has 0 fully saturated rings. The number of hydrogen-bond acceptors (Lipinski definition) is 3. The largest absolute Gasteiger partial charge is 0.489 e. The quantitative estimate of drug-likeness (QED) is 0.777. The summed E-state index contributed by atoms with van der Waals surface area (Å²) in [5.41, 5.74) is 2.31. The fraction of sp³-hybridized carbons (Fsp3) is 0.471. The Balaban J connectivity index is 2.05. The predicted octanol–water partition coefficient (Wildman–Crippen LogP) is 2.97. The number of halogens is 1. The van der Waals surface area contributed by atoms with E-state index in [4.69, 9.17) is 9.47 Å². The number of carbonyl (C=O) groups excluding carboxylic acids is 1. The zero-order valence-electron chi connectivity index (χ0n) is 13.1. The molecule has 0 aliphatic carbocycles. The number of methoxy groups -OCH3 is 1. The molecule has 120 valence electrons. The molecule has 0 saturated carbocycles. The first-order chi connectivity index (χ1) is 10.7. The lowest BCUT2D eigenvalue weighted by Gasteiger charge is -2.28. The average Bonchev–Trinajstić information content (AvgIpc) is 2.55. The summed E-state index contributed by atoms with van der Waals surface area (Å²) in [5.74, 6) is 0.701. The highest BCUT2D eigenvalue weighted by Crippen LogP contribution is 2.24. The molecule has 0 N–H and O–H groups in total. The molecule has 1 amide bonds. The maximum absolute atomic E-state index is 12.5. The molecular weight excluding hydrogens is 285 g/mol. The van der Waals surface area contributed by atoms with E-state index in [2.05, 4.69) is 0 Å². The Hall–Kier alpha value is -1.88. The van der Waals surface area contributed by atoms with Crippen molar-refractivity contribution >= 4 is 5.91 Å². The van der Waals surface area contributed by atoms with Crippen LogP contribution >= 0.6 is 0 Å². The first-order valence-electron chi connectivity index (χ1n) is 7.51. The topological polar surface area (TPSA) is 38.8 Å². The van der Waals surface area contributed by atoms with Gasteiger partial charge < -0.3 is 14.4 Å². The minimum Gasteiger partial charge on any atom is -0.489 e. The fourth-order valence-electron chi connectivity index (χ4n) is 2.40. The van der Waals surface area contributed by atoms with Crippen LogP contribution < -0.4 is 4.74 Å². The van der Waals surface area contributed by atoms with E-state index in [-0.39, 0.29) is 12.5 Å². The van der Waals surface area contributed by atoms with Gasteiger partial charge in [0.25, 0.3) is 5.91 Å². The molecule has 4 nitrogen and oxygen atoms in total. The summed E-state index contributed by atoms with van der Waals surface area (Å²) in [4.78, 5) is 14.2. The first-order valence-corrected chi connectivity index (χ1v) is 7.51. The predicted molar refractivity (Wildman–Crippen MR) is 82.9 cm³/mol. The zero-order valence-corrected chi connectivity index (χ0v) is 13.1. The van der Waals surface area contributed by atoms with E-state index < -0.39 is 0 Å². The van der Waals surface area contributed by atoms with E-state index in [1.807, 2.05) is 13.0 Å². The molecule has 1 aromatic carbocycles. The number of carbonyl (C=O) groups is 1. The van der Waals surface area contributed by atoms with Crippen molar-refractivity contribution in [2.45, 2.75) is 19.8 Å². The van der Waals surface area contributed by atoms with Crippen molar-refractivity contribution in [3.63, 3.8) is 0 Å². The number of benzene rings is 1. The third-order valence-electron chi connectivity index (χ3n) is 3.84. The smallest absolute Gasteiger partial charge is 0.254 e. The molecular formula is C17H22FNO3. The number of nitrogens with zero attached hydrogens (tertiary/aromatic N) is 1. The van der Waals surface area contributed by atoms with Gasteiger partial charge in [-0.05, 0) is 42.2 Å². The highest BCUT2D eigenvalue weighted by Gasteiger charge is 2.24. The van der Waals surface area contributed by atoms with Crippen molar-refractivity contribution in [1.29, 1.82) is 0 Å². The highest BCUT2D eigenvalue weighted by molar-refractivity contribution is 5.96. The fourth-order valence-corrected chi connectivity index (χ4v) is 2.40. The van der Waals surface area contributed by atoms with E-state index >= 15 is 0 Å². The zero-order chi connectivity index (χ0) is 15.9. The van der Waals surface area contributed by atoms with Crippen LogP contribution in [0.4, 0.5) is 4.39 Å². The van der Waals surface area contributed by atoms with Crippen molar-refractivity contribution in [3.8, 4) is 5.75 Å². The molecule has 0 aromatic heterocycles. The van der Waals surface area contributed by atoms with Gasteiger partial charge in [0, 0.05) is 25.8 Å². The normalized spacial score (nSPS) is 15.0. The van der Waals surface area contributed by atoms with Gasteiger partial charge in [0.1, 0.15) is 12.4 Å². The summed E-state index contributed by atoms with van der Waals surface area (Å²) in [6.07, 6.45) is 2.01. The Labute approximate surface area is 130 Å². The van der Waals surface area contributed by atoms with Crippen molar-refractivity contribution in [1.82, 2.24) is 4.90 Å². The molecule has 0 saturated heterocycles. The van der Waals surface area contributed by atoms with Gasteiger partial charge in [0.05, 0.1) is 12.9 Å².